The van der Waals surface area contributed by atoms with Gasteiger partial charge in [0.25, 0.3) is 0 Å². The summed E-state index contributed by atoms with van der Waals surface area (Å²) in [7, 11) is 0. The highest BCUT2D eigenvalue weighted by Gasteiger charge is 2.56. The molecule has 0 spiro atoms. The Bertz CT molecular complexity index is 713. The standard InChI is InChI=1S/C20H23NO2/c1-18(2)16-9-10-20(23,15-7-5-4-6-8-15)13-19(16,3)11-14(12-21)17(18)22/h4-8,11,16,23H,9-10,13H2,1-3H3/t16-,19+,20-/m0/s1. The van der Waals surface area contributed by atoms with Gasteiger partial charge in [0.1, 0.15) is 6.07 Å². The second-order valence-corrected chi connectivity index (χ2v) is 7.89. The minimum Gasteiger partial charge on any atom is -0.385 e. The van der Waals surface area contributed by atoms with Crippen LogP contribution in [0.1, 0.15) is 45.6 Å². The molecule has 0 aromatic heterocycles. The summed E-state index contributed by atoms with van der Waals surface area (Å²) in [6, 6.07) is 11.8. The molecule has 0 unspecified atom stereocenters. The summed E-state index contributed by atoms with van der Waals surface area (Å²) in [6.07, 6.45) is 3.77. The van der Waals surface area contributed by atoms with Gasteiger partial charge in [-0.2, -0.15) is 5.26 Å². The molecule has 0 amide bonds. The number of benzene rings is 1. The quantitative estimate of drug-likeness (QED) is 0.859. The zero-order chi connectivity index (χ0) is 16.9. The monoisotopic (exact) mass is 309 g/mol. The van der Waals surface area contributed by atoms with Crippen LogP contribution in [0.4, 0.5) is 0 Å². The molecule has 1 fully saturated rings. The SMILES string of the molecule is CC1(C)C(=O)C(C#N)=C[C@]2(C)C[C@](O)(c3ccccc3)CC[C@@H]12. The van der Waals surface area contributed by atoms with E-state index in [0.717, 1.165) is 12.0 Å². The van der Waals surface area contributed by atoms with Crippen molar-refractivity contribution in [3.8, 4) is 6.07 Å². The molecule has 1 aromatic rings. The maximum Gasteiger partial charge on any atom is 0.178 e. The van der Waals surface area contributed by atoms with Crippen LogP contribution in [-0.2, 0) is 10.4 Å². The summed E-state index contributed by atoms with van der Waals surface area (Å²) in [4.78, 5) is 12.6. The van der Waals surface area contributed by atoms with Gasteiger partial charge in [-0.3, -0.25) is 4.79 Å². The van der Waals surface area contributed by atoms with Gasteiger partial charge in [0.2, 0.25) is 0 Å². The number of hydrogen-bond donors (Lipinski definition) is 1. The number of nitriles is 1. The van der Waals surface area contributed by atoms with E-state index in [1.54, 1.807) is 0 Å². The number of Topliss-reactive ketones (excluding diaryl/α,β-unsaturated/α-hetero) is 1. The number of nitrogens with zero attached hydrogens (tertiary/aromatic N) is 1. The molecule has 3 atom stereocenters. The molecule has 3 heteroatoms. The molecule has 0 heterocycles. The van der Waals surface area contributed by atoms with E-state index in [9.17, 15) is 15.2 Å². The Morgan fingerprint density at radius 1 is 1.22 bits per heavy atom. The molecule has 23 heavy (non-hydrogen) atoms. The highest BCUT2D eigenvalue weighted by Crippen LogP contribution is 2.59. The van der Waals surface area contributed by atoms with Crippen molar-refractivity contribution >= 4 is 5.78 Å². The maximum atomic E-state index is 12.6. The van der Waals surface area contributed by atoms with Gasteiger partial charge in [-0.1, -0.05) is 57.2 Å². The van der Waals surface area contributed by atoms with E-state index in [-0.39, 0.29) is 22.7 Å². The van der Waals surface area contributed by atoms with Gasteiger partial charge in [-0.05, 0) is 36.2 Å². The lowest BCUT2D eigenvalue weighted by atomic mass is 9.50. The molecule has 0 saturated heterocycles. The minimum atomic E-state index is -0.903. The summed E-state index contributed by atoms with van der Waals surface area (Å²) in [5.41, 5.74) is -0.662. The number of fused-ring (bicyclic) bond motifs is 1. The number of carbonyl (C=O) groups is 1. The minimum absolute atomic E-state index is 0.0624. The molecule has 120 valence electrons. The molecule has 2 aliphatic rings. The summed E-state index contributed by atoms with van der Waals surface area (Å²) in [6.45, 7) is 5.96. The first kappa shape index (κ1) is 16.0. The van der Waals surface area contributed by atoms with Crippen molar-refractivity contribution < 1.29 is 9.90 Å². The van der Waals surface area contributed by atoms with Crippen LogP contribution < -0.4 is 0 Å². The number of allylic oxidation sites excluding steroid dienone is 2. The highest BCUT2D eigenvalue weighted by molar-refractivity contribution is 6.04. The number of hydrogen-bond acceptors (Lipinski definition) is 3. The molecule has 2 aliphatic carbocycles. The molecular formula is C20H23NO2. The fourth-order valence-electron chi connectivity index (χ4n) is 4.87. The van der Waals surface area contributed by atoms with Crippen LogP contribution in [-0.4, -0.2) is 10.9 Å². The fourth-order valence-corrected chi connectivity index (χ4v) is 4.87. The molecule has 0 radical (unpaired) electrons. The van der Waals surface area contributed by atoms with Crippen molar-refractivity contribution in [1.82, 2.24) is 0 Å². The van der Waals surface area contributed by atoms with Crippen LogP contribution in [0.25, 0.3) is 0 Å². The molecule has 1 N–H and O–H groups in total. The first-order chi connectivity index (χ1) is 10.7. The number of ketones is 1. The average molecular weight is 309 g/mol. The maximum absolute atomic E-state index is 12.6. The van der Waals surface area contributed by atoms with Gasteiger partial charge in [-0.15, -0.1) is 0 Å². The Hall–Kier alpha value is -1.92. The number of aliphatic hydroxyl groups is 1. The molecule has 0 bridgehead atoms. The zero-order valence-electron chi connectivity index (χ0n) is 14.0. The topological polar surface area (TPSA) is 61.1 Å². The lowest BCUT2D eigenvalue weighted by Crippen LogP contribution is -2.52. The molecule has 0 aliphatic heterocycles. The van der Waals surface area contributed by atoms with E-state index in [2.05, 4.69) is 13.0 Å². The van der Waals surface area contributed by atoms with Crippen molar-refractivity contribution in [2.24, 2.45) is 16.7 Å². The Morgan fingerprint density at radius 2 is 1.87 bits per heavy atom. The van der Waals surface area contributed by atoms with E-state index < -0.39 is 11.0 Å². The predicted octanol–water partition coefficient (Wildman–Crippen LogP) is 3.74. The third-order valence-corrected chi connectivity index (χ3v) is 5.92. The van der Waals surface area contributed by atoms with E-state index in [1.807, 2.05) is 50.3 Å². The third-order valence-electron chi connectivity index (χ3n) is 5.92. The summed E-state index contributed by atoms with van der Waals surface area (Å²) < 4.78 is 0. The molecule has 3 nitrogen and oxygen atoms in total. The Labute approximate surface area is 137 Å². The molecule has 1 aromatic carbocycles. The van der Waals surface area contributed by atoms with Crippen LogP contribution in [0.5, 0.6) is 0 Å². The van der Waals surface area contributed by atoms with Crippen LogP contribution >= 0.6 is 0 Å². The zero-order valence-corrected chi connectivity index (χ0v) is 14.0. The average Bonchev–Trinajstić information content (AvgIpc) is 2.51. The smallest absolute Gasteiger partial charge is 0.178 e. The van der Waals surface area contributed by atoms with Gasteiger partial charge >= 0.3 is 0 Å². The first-order valence-corrected chi connectivity index (χ1v) is 8.19. The van der Waals surface area contributed by atoms with Gasteiger partial charge in [-0.25, -0.2) is 0 Å². The van der Waals surface area contributed by atoms with E-state index >= 15 is 0 Å². The van der Waals surface area contributed by atoms with Crippen molar-refractivity contribution in [3.63, 3.8) is 0 Å². The molecular weight excluding hydrogens is 286 g/mol. The van der Waals surface area contributed by atoms with Crippen molar-refractivity contribution in [1.29, 1.82) is 5.26 Å². The van der Waals surface area contributed by atoms with Gasteiger partial charge < -0.3 is 5.11 Å². The first-order valence-electron chi connectivity index (χ1n) is 8.19. The van der Waals surface area contributed by atoms with Crippen LogP contribution in [0.2, 0.25) is 0 Å². The predicted molar refractivity (Wildman–Crippen MR) is 88.3 cm³/mol. The largest absolute Gasteiger partial charge is 0.385 e. The number of carbonyl (C=O) groups excluding carboxylic acids is 1. The highest BCUT2D eigenvalue weighted by atomic mass is 16.3. The van der Waals surface area contributed by atoms with Crippen molar-refractivity contribution in [2.75, 3.05) is 0 Å². The Morgan fingerprint density at radius 3 is 2.48 bits per heavy atom. The van der Waals surface area contributed by atoms with E-state index in [0.29, 0.717) is 12.8 Å². The Balaban J connectivity index is 2.06. The number of rotatable bonds is 1. The van der Waals surface area contributed by atoms with Crippen LogP contribution in [0.3, 0.4) is 0 Å². The summed E-state index contributed by atoms with van der Waals surface area (Å²) in [5.74, 6) is 0.0798. The second kappa shape index (κ2) is 5.04. The molecule has 1 saturated carbocycles. The normalized spacial score (nSPS) is 35.9. The summed E-state index contributed by atoms with van der Waals surface area (Å²) in [5, 5.41) is 20.6. The van der Waals surface area contributed by atoms with Gasteiger partial charge in [0, 0.05) is 5.41 Å². The fraction of sp³-hybridized carbons (Fsp3) is 0.500. The van der Waals surface area contributed by atoms with E-state index in [1.165, 1.54) is 0 Å². The van der Waals surface area contributed by atoms with E-state index in [4.69, 9.17) is 0 Å². The third kappa shape index (κ3) is 2.33. The Kier molecular flexibility index (Phi) is 3.50. The second-order valence-electron chi connectivity index (χ2n) is 7.89. The lowest BCUT2D eigenvalue weighted by Gasteiger charge is -2.54. The van der Waals surface area contributed by atoms with Crippen LogP contribution in [0, 0.1) is 28.1 Å². The van der Waals surface area contributed by atoms with Crippen LogP contribution in [0.15, 0.2) is 42.0 Å². The summed E-state index contributed by atoms with van der Waals surface area (Å²) >= 11 is 0. The van der Waals surface area contributed by atoms with Crippen molar-refractivity contribution in [3.05, 3.63) is 47.5 Å². The lowest BCUT2D eigenvalue weighted by molar-refractivity contribution is -0.138. The van der Waals surface area contributed by atoms with Crippen molar-refractivity contribution in [2.45, 2.75) is 45.6 Å². The van der Waals surface area contributed by atoms with Gasteiger partial charge in [0.05, 0.1) is 11.2 Å². The van der Waals surface area contributed by atoms with Gasteiger partial charge in [0.15, 0.2) is 5.78 Å². The molecule has 3 rings (SSSR count).